The average molecular weight is 521 g/mol. The van der Waals surface area contributed by atoms with Gasteiger partial charge in [-0.25, -0.2) is 9.37 Å². The van der Waals surface area contributed by atoms with Gasteiger partial charge in [0.25, 0.3) is 5.56 Å². The third-order valence-electron chi connectivity index (χ3n) is 5.99. The first-order valence-electron chi connectivity index (χ1n) is 11.3. The first kappa shape index (κ1) is 25.7. The quantitative estimate of drug-likeness (QED) is 0.296. The first-order valence-corrected chi connectivity index (χ1v) is 12.3. The number of piperazine rings is 1. The van der Waals surface area contributed by atoms with Crippen molar-refractivity contribution >= 4 is 23.4 Å². The fourth-order valence-corrected chi connectivity index (χ4v) is 4.81. The number of anilines is 1. The van der Waals surface area contributed by atoms with E-state index in [2.05, 4.69) is 9.97 Å². The SMILES string of the molecule is Cc1nc(SCc2ccc(F)cc2)[nH]c(=O)c1CC(=O)N1CCN(c2cccc(C(F)(F)F)c2)CC1. The van der Waals surface area contributed by atoms with E-state index in [-0.39, 0.29) is 29.3 Å². The minimum atomic E-state index is -4.41. The Balaban J connectivity index is 1.35. The number of hydrogen-bond donors (Lipinski definition) is 1. The van der Waals surface area contributed by atoms with Crippen LogP contribution in [0.2, 0.25) is 0 Å². The molecule has 0 unspecified atom stereocenters. The molecule has 1 aromatic heterocycles. The number of benzene rings is 2. The molecule has 36 heavy (non-hydrogen) atoms. The van der Waals surface area contributed by atoms with E-state index in [4.69, 9.17) is 0 Å². The molecule has 0 bridgehead atoms. The zero-order chi connectivity index (χ0) is 25.9. The molecule has 0 radical (unpaired) electrons. The van der Waals surface area contributed by atoms with E-state index >= 15 is 0 Å². The highest BCUT2D eigenvalue weighted by Crippen LogP contribution is 2.32. The summed E-state index contributed by atoms with van der Waals surface area (Å²) in [6.07, 6.45) is -4.53. The first-order chi connectivity index (χ1) is 17.1. The summed E-state index contributed by atoms with van der Waals surface area (Å²) in [4.78, 5) is 36.1. The number of hydrogen-bond acceptors (Lipinski definition) is 5. The standard InChI is InChI=1S/C25H24F4N4O2S/c1-16-21(23(35)31-24(30-16)36-15-17-5-7-19(26)8-6-17)14-22(34)33-11-9-32(10-12-33)20-4-2-3-18(13-20)25(27,28)29/h2-8,13H,9-12,14-15H2,1H3,(H,30,31,35). The minimum Gasteiger partial charge on any atom is -0.368 e. The van der Waals surface area contributed by atoms with E-state index in [9.17, 15) is 27.2 Å². The monoisotopic (exact) mass is 520 g/mol. The number of aromatic amines is 1. The molecule has 4 rings (SSSR count). The van der Waals surface area contributed by atoms with E-state index in [1.54, 1.807) is 30.0 Å². The van der Waals surface area contributed by atoms with Crippen LogP contribution < -0.4 is 10.5 Å². The number of nitrogens with one attached hydrogen (secondary N) is 1. The molecule has 1 amide bonds. The number of alkyl halides is 3. The van der Waals surface area contributed by atoms with Crippen molar-refractivity contribution in [3.8, 4) is 0 Å². The zero-order valence-electron chi connectivity index (χ0n) is 19.4. The highest BCUT2D eigenvalue weighted by Gasteiger charge is 2.31. The fraction of sp³-hybridized carbons (Fsp3) is 0.320. The number of halogens is 4. The van der Waals surface area contributed by atoms with E-state index in [0.29, 0.717) is 48.5 Å². The molecule has 0 spiro atoms. The summed E-state index contributed by atoms with van der Waals surface area (Å²) in [5.41, 5.74) is 0.982. The van der Waals surface area contributed by atoms with Gasteiger partial charge in [-0.05, 0) is 42.8 Å². The van der Waals surface area contributed by atoms with Gasteiger partial charge in [0.15, 0.2) is 5.16 Å². The molecule has 2 heterocycles. The second-order valence-electron chi connectivity index (χ2n) is 8.44. The predicted octanol–water partition coefficient (Wildman–Crippen LogP) is 4.42. The Morgan fingerprint density at radius 1 is 1.08 bits per heavy atom. The van der Waals surface area contributed by atoms with Crippen molar-refractivity contribution < 1.29 is 22.4 Å². The highest BCUT2D eigenvalue weighted by atomic mass is 32.2. The van der Waals surface area contributed by atoms with Gasteiger partial charge < -0.3 is 14.8 Å². The maximum atomic E-state index is 13.1. The van der Waals surface area contributed by atoms with Gasteiger partial charge in [0, 0.05) is 48.9 Å². The maximum Gasteiger partial charge on any atom is 0.416 e. The molecule has 190 valence electrons. The van der Waals surface area contributed by atoms with Crippen molar-refractivity contribution in [3.63, 3.8) is 0 Å². The molecule has 1 aliphatic heterocycles. The Bertz CT molecular complexity index is 1290. The van der Waals surface area contributed by atoms with Crippen LogP contribution in [0, 0.1) is 12.7 Å². The predicted molar refractivity (Wildman–Crippen MR) is 129 cm³/mol. The van der Waals surface area contributed by atoms with Gasteiger partial charge in [0.1, 0.15) is 5.82 Å². The number of carbonyl (C=O) groups is 1. The van der Waals surface area contributed by atoms with Gasteiger partial charge >= 0.3 is 6.18 Å². The number of aryl methyl sites for hydroxylation is 1. The largest absolute Gasteiger partial charge is 0.416 e. The molecule has 1 N–H and O–H groups in total. The smallest absolute Gasteiger partial charge is 0.368 e. The number of H-pyrrole nitrogens is 1. The average Bonchev–Trinajstić information content (AvgIpc) is 2.85. The summed E-state index contributed by atoms with van der Waals surface area (Å²) in [5.74, 6) is -0.0603. The molecule has 1 saturated heterocycles. The lowest BCUT2D eigenvalue weighted by Gasteiger charge is -2.36. The molecular weight excluding hydrogens is 496 g/mol. The zero-order valence-corrected chi connectivity index (χ0v) is 20.3. The Labute approximate surface area is 209 Å². The summed E-state index contributed by atoms with van der Waals surface area (Å²) in [5, 5.41) is 0.410. The molecule has 0 atom stereocenters. The highest BCUT2D eigenvalue weighted by molar-refractivity contribution is 7.98. The molecular formula is C25H24F4N4O2S. The number of amides is 1. The second kappa shape index (κ2) is 10.7. The van der Waals surface area contributed by atoms with E-state index < -0.39 is 11.7 Å². The van der Waals surface area contributed by atoms with Crippen LogP contribution in [0.15, 0.2) is 58.5 Å². The third kappa shape index (κ3) is 6.26. The summed E-state index contributed by atoms with van der Waals surface area (Å²) < 4.78 is 52.1. The summed E-state index contributed by atoms with van der Waals surface area (Å²) in [7, 11) is 0. The van der Waals surface area contributed by atoms with Crippen molar-refractivity contribution in [2.75, 3.05) is 31.1 Å². The molecule has 11 heteroatoms. The normalized spacial score (nSPS) is 14.2. The number of nitrogens with zero attached hydrogens (tertiary/aromatic N) is 3. The lowest BCUT2D eigenvalue weighted by molar-refractivity contribution is -0.137. The Morgan fingerprint density at radius 3 is 2.42 bits per heavy atom. The van der Waals surface area contributed by atoms with Gasteiger partial charge in [-0.15, -0.1) is 0 Å². The van der Waals surface area contributed by atoms with Crippen LogP contribution in [0.4, 0.5) is 23.2 Å². The van der Waals surface area contributed by atoms with Crippen LogP contribution in [0.3, 0.4) is 0 Å². The van der Waals surface area contributed by atoms with Crippen molar-refractivity contribution in [1.29, 1.82) is 0 Å². The van der Waals surface area contributed by atoms with Gasteiger partial charge in [0.05, 0.1) is 12.0 Å². The van der Waals surface area contributed by atoms with Gasteiger partial charge in [0.2, 0.25) is 5.91 Å². The molecule has 2 aromatic carbocycles. The molecule has 1 aliphatic rings. The molecule has 0 aliphatic carbocycles. The summed E-state index contributed by atoms with van der Waals surface area (Å²) >= 11 is 1.30. The van der Waals surface area contributed by atoms with Gasteiger partial charge in [-0.3, -0.25) is 9.59 Å². The topological polar surface area (TPSA) is 69.3 Å². The Hall–Kier alpha value is -3.34. The Morgan fingerprint density at radius 2 is 1.78 bits per heavy atom. The van der Waals surface area contributed by atoms with Gasteiger partial charge in [-0.1, -0.05) is 30.0 Å². The fourth-order valence-electron chi connectivity index (χ4n) is 3.95. The molecule has 6 nitrogen and oxygen atoms in total. The van der Waals surface area contributed by atoms with Crippen LogP contribution in [0.5, 0.6) is 0 Å². The maximum absolute atomic E-state index is 13.1. The van der Waals surface area contributed by atoms with E-state index in [1.807, 2.05) is 4.90 Å². The number of thioether (sulfide) groups is 1. The lowest BCUT2D eigenvalue weighted by Crippen LogP contribution is -2.49. The molecule has 0 saturated carbocycles. The third-order valence-corrected chi connectivity index (χ3v) is 6.93. The van der Waals surface area contributed by atoms with Gasteiger partial charge in [-0.2, -0.15) is 13.2 Å². The minimum absolute atomic E-state index is 0.110. The Kier molecular flexibility index (Phi) is 7.67. The van der Waals surface area contributed by atoms with Crippen molar-refractivity contribution in [2.45, 2.75) is 30.4 Å². The lowest BCUT2D eigenvalue weighted by atomic mass is 10.1. The van der Waals surface area contributed by atoms with Crippen molar-refractivity contribution in [3.05, 3.63) is 87.1 Å². The van der Waals surface area contributed by atoms with E-state index in [1.165, 1.54) is 30.0 Å². The van der Waals surface area contributed by atoms with Crippen molar-refractivity contribution in [2.24, 2.45) is 0 Å². The van der Waals surface area contributed by atoms with Crippen LogP contribution in [-0.2, 0) is 23.1 Å². The molecule has 3 aromatic rings. The number of aromatic nitrogens is 2. The summed E-state index contributed by atoms with van der Waals surface area (Å²) in [6.45, 7) is 3.13. The van der Waals surface area contributed by atoms with Crippen LogP contribution >= 0.6 is 11.8 Å². The van der Waals surface area contributed by atoms with Crippen LogP contribution in [0.1, 0.15) is 22.4 Å². The number of carbonyl (C=O) groups excluding carboxylic acids is 1. The summed E-state index contributed by atoms with van der Waals surface area (Å²) in [6, 6.07) is 11.2. The van der Waals surface area contributed by atoms with Crippen LogP contribution in [-0.4, -0.2) is 47.0 Å². The van der Waals surface area contributed by atoms with E-state index in [0.717, 1.165) is 17.7 Å². The van der Waals surface area contributed by atoms with Crippen molar-refractivity contribution in [1.82, 2.24) is 14.9 Å². The molecule has 1 fully saturated rings. The van der Waals surface area contributed by atoms with Crippen LogP contribution in [0.25, 0.3) is 0 Å². The number of rotatable bonds is 6. The second-order valence-corrected chi connectivity index (χ2v) is 9.41.